The Kier molecular flexibility index (Phi) is 5.25. The second kappa shape index (κ2) is 7.15. The Balaban J connectivity index is 1.91. The van der Waals surface area contributed by atoms with E-state index in [0.717, 1.165) is 4.90 Å². The highest BCUT2D eigenvalue weighted by molar-refractivity contribution is 6.32. The van der Waals surface area contributed by atoms with Gasteiger partial charge in [0.1, 0.15) is 12.4 Å². The first-order valence-corrected chi connectivity index (χ1v) is 6.89. The van der Waals surface area contributed by atoms with E-state index in [4.69, 9.17) is 11.6 Å². The molecule has 1 heterocycles. The van der Waals surface area contributed by atoms with Gasteiger partial charge in [-0.2, -0.15) is 0 Å². The number of carbonyl (C=O) groups excluding carboxylic acids is 1. The average Bonchev–Trinajstić information content (AvgIpc) is 2.44. The fraction of sp³-hybridized carbons (Fsp3) is 0.200. The van der Waals surface area contributed by atoms with Gasteiger partial charge in [-0.3, -0.25) is 4.79 Å². The first-order valence-electron chi connectivity index (χ1n) is 6.51. The topological polar surface area (TPSA) is 46.4 Å². The number of nitrogens with one attached hydrogen (secondary N) is 2. The number of likely N-dealkylation sites (N-methyl/N-ethyl adjacent to an activating group) is 1. The summed E-state index contributed by atoms with van der Waals surface area (Å²) in [5.41, 5.74) is 1.06. The summed E-state index contributed by atoms with van der Waals surface area (Å²) in [6, 6.07) is 9.93. The van der Waals surface area contributed by atoms with Crippen LogP contribution in [0.15, 0.2) is 42.6 Å². The van der Waals surface area contributed by atoms with Gasteiger partial charge in [-0.1, -0.05) is 29.8 Å². The minimum atomic E-state index is -0.257. The summed E-state index contributed by atoms with van der Waals surface area (Å²) >= 11 is 5.87. The van der Waals surface area contributed by atoms with Gasteiger partial charge in [-0.05, 0) is 18.2 Å². The number of anilines is 1. The molecule has 6 heteroatoms. The van der Waals surface area contributed by atoms with Crippen molar-refractivity contribution in [2.75, 3.05) is 18.9 Å². The van der Waals surface area contributed by atoms with Gasteiger partial charge in [-0.25, -0.2) is 9.37 Å². The van der Waals surface area contributed by atoms with Crippen LogP contribution in [0.25, 0.3) is 0 Å². The summed E-state index contributed by atoms with van der Waals surface area (Å²) in [6.45, 7) is 0.639. The van der Waals surface area contributed by atoms with Gasteiger partial charge in [0.2, 0.25) is 0 Å². The predicted molar refractivity (Wildman–Crippen MR) is 79.7 cm³/mol. The molecule has 2 N–H and O–H groups in total. The molecule has 1 aromatic heterocycles. The molecule has 0 aliphatic rings. The molecule has 1 unspecified atom stereocenters. The van der Waals surface area contributed by atoms with Gasteiger partial charge < -0.3 is 10.2 Å². The number of aromatic nitrogens is 1. The maximum absolute atomic E-state index is 13.5. The molecule has 4 nitrogen and oxygen atoms in total. The van der Waals surface area contributed by atoms with Crippen molar-refractivity contribution < 1.29 is 14.1 Å². The number of carbonyl (C=O) groups is 1. The van der Waals surface area contributed by atoms with Crippen LogP contribution in [0.1, 0.15) is 5.56 Å². The van der Waals surface area contributed by atoms with Gasteiger partial charge >= 0.3 is 0 Å². The van der Waals surface area contributed by atoms with E-state index in [1.54, 1.807) is 36.5 Å². The highest BCUT2D eigenvalue weighted by Gasteiger charge is 2.14. The Bertz CT molecular complexity index is 636. The molecule has 0 bridgehead atoms. The number of benzene rings is 1. The van der Waals surface area contributed by atoms with Gasteiger partial charge in [0, 0.05) is 11.8 Å². The molecule has 0 aliphatic carbocycles. The van der Waals surface area contributed by atoms with Crippen LogP contribution in [0.3, 0.4) is 0 Å². The Hall–Kier alpha value is -1.98. The highest BCUT2D eigenvalue weighted by Crippen LogP contribution is 2.16. The van der Waals surface area contributed by atoms with Crippen molar-refractivity contribution in [2.24, 2.45) is 0 Å². The number of pyridine rings is 1. The minimum Gasteiger partial charge on any atom is -0.326 e. The lowest BCUT2D eigenvalue weighted by Crippen LogP contribution is -3.08. The smallest absolute Gasteiger partial charge is 0.279 e. The summed E-state index contributed by atoms with van der Waals surface area (Å²) in [5.74, 6) is -0.452. The Labute approximate surface area is 127 Å². The van der Waals surface area contributed by atoms with Crippen molar-refractivity contribution in [3.8, 4) is 0 Å². The zero-order valence-electron chi connectivity index (χ0n) is 11.6. The van der Waals surface area contributed by atoms with Crippen LogP contribution in [-0.4, -0.2) is 24.5 Å². The molecular formula is C15H16ClFN3O+. The minimum absolute atomic E-state index is 0.196. The van der Waals surface area contributed by atoms with Crippen molar-refractivity contribution in [3.63, 3.8) is 0 Å². The van der Waals surface area contributed by atoms with Gasteiger partial charge in [0.15, 0.2) is 11.7 Å². The van der Waals surface area contributed by atoms with Crippen LogP contribution < -0.4 is 10.2 Å². The number of halogens is 2. The number of nitrogens with zero attached hydrogens (tertiary/aromatic N) is 1. The number of hydrogen-bond donors (Lipinski definition) is 2. The molecular weight excluding hydrogens is 293 g/mol. The third-order valence-electron chi connectivity index (χ3n) is 2.95. The lowest BCUT2D eigenvalue weighted by Gasteiger charge is -2.14. The van der Waals surface area contributed by atoms with E-state index in [0.29, 0.717) is 17.8 Å². The van der Waals surface area contributed by atoms with E-state index in [-0.39, 0.29) is 23.4 Å². The van der Waals surface area contributed by atoms with Crippen LogP contribution in [0.4, 0.5) is 10.1 Å². The second-order valence-corrected chi connectivity index (χ2v) is 5.15. The standard InChI is InChI=1S/C15H15ClFN3O/c1-20(9-11-5-2-3-6-12(11)17)10-14(21)19-13-7-4-8-18-15(13)16/h2-8H,9-10H2,1H3,(H,19,21)/p+1. The summed E-state index contributed by atoms with van der Waals surface area (Å²) in [7, 11) is 1.83. The molecule has 1 atom stereocenters. The molecule has 0 spiro atoms. The maximum atomic E-state index is 13.5. The lowest BCUT2D eigenvalue weighted by atomic mass is 10.2. The van der Waals surface area contributed by atoms with Gasteiger partial charge in [0.25, 0.3) is 5.91 Å². The fourth-order valence-electron chi connectivity index (χ4n) is 1.98. The van der Waals surface area contributed by atoms with Crippen molar-refractivity contribution >= 4 is 23.2 Å². The largest absolute Gasteiger partial charge is 0.326 e. The summed E-state index contributed by atoms with van der Waals surface area (Å²) in [6.07, 6.45) is 1.55. The first-order chi connectivity index (χ1) is 10.1. The zero-order chi connectivity index (χ0) is 15.2. The van der Waals surface area contributed by atoms with Crippen molar-refractivity contribution in [1.82, 2.24) is 4.98 Å². The Morgan fingerprint density at radius 3 is 2.81 bits per heavy atom. The van der Waals surface area contributed by atoms with Gasteiger partial charge in [-0.15, -0.1) is 0 Å². The molecule has 0 saturated carbocycles. The van der Waals surface area contributed by atoms with Crippen LogP contribution in [0.2, 0.25) is 5.15 Å². The highest BCUT2D eigenvalue weighted by atomic mass is 35.5. The summed E-state index contributed by atoms with van der Waals surface area (Å²) in [5, 5.41) is 2.94. The maximum Gasteiger partial charge on any atom is 0.279 e. The van der Waals surface area contributed by atoms with Crippen LogP contribution in [-0.2, 0) is 11.3 Å². The molecule has 21 heavy (non-hydrogen) atoms. The van der Waals surface area contributed by atoms with E-state index in [1.165, 1.54) is 6.07 Å². The van der Waals surface area contributed by atoms with Crippen LogP contribution >= 0.6 is 11.6 Å². The third-order valence-corrected chi connectivity index (χ3v) is 3.25. The molecule has 2 rings (SSSR count). The van der Waals surface area contributed by atoms with Crippen molar-refractivity contribution in [3.05, 3.63) is 59.1 Å². The van der Waals surface area contributed by atoms with Crippen LogP contribution in [0.5, 0.6) is 0 Å². The fourth-order valence-corrected chi connectivity index (χ4v) is 2.14. The monoisotopic (exact) mass is 308 g/mol. The number of rotatable bonds is 5. The van der Waals surface area contributed by atoms with Crippen molar-refractivity contribution in [2.45, 2.75) is 6.54 Å². The molecule has 0 radical (unpaired) electrons. The van der Waals surface area contributed by atoms with E-state index >= 15 is 0 Å². The molecule has 2 aromatic rings. The molecule has 110 valence electrons. The molecule has 1 aromatic carbocycles. The molecule has 0 aliphatic heterocycles. The summed E-state index contributed by atoms with van der Waals surface area (Å²) in [4.78, 5) is 16.7. The second-order valence-electron chi connectivity index (χ2n) is 4.79. The number of hydrogen-bond acceptors (Lipinski definition) is 2. The van der Waals surface area contributed by atoms with E-state index in [9.17, 15) is 9.18 Å². The Morgan fingerprint density at radius 1 is 1.33 bits per heavy atom. The molecule has 0 saturated heterocycles. The average molecular weight is 309 g/mol. The SMILES string of the molecule is C[NH+](CC(=O)Nc1cccnc1Cl)Cc1ccccc1F. The molecule has 1 amide bonds. The predicted octanol–water partition coefficient (Wildman–Crippen LogP) is 1.53. The lowest BCUT2D eigenvalue weighted by molar-refractivity contribution is -0.885. The van der Waals surface area contributed by atoms with E-state index in [2.05, 4.69) is 10.3 Å². The van der Waals surface area contributed by atoms with Crippen molar-refractivity contribution in [1.29, 1.82) is 0 Å². The zero-order valence-corrected chi connectivity index (χ0v) is 12.3. The first kappa shape index (κ1) is 15.4. The van der Waals surface area contributed by atoms with E-state index in [1.807, 2.05) is 7.05 Å². The normalized spacial score (nSPS) is 12.0. The number of quaternary nitrogens is 1. The van der Waals surface area contributed by atoms with Gasteiger partial charge in [0.05, 0.1) is 12.7 Å². The summed E-state index contributed by atoms with van der Waals surface area (Å²) < 4.78 is 13.5. The quantitative estimate of drug-likeness (QED) is 0.823. The van der Waals surface area contributed by atoms with Crippen LogP contribution in [0, 0.1) is 5.82 Å². The number of amides is 1. The third kappa shape index (κ3) is 4.51. The molecule has 0 fully saturated rings. The van der Waals surface area contributed by atoms with E-state index < -0.39 is 0 Å². The Morgan fingerprint density at radius 2 is 2.10 bits per heavy atom.